The molecule has 6 nitrogen and oxygen atoms in total. The van der Waals surface area contributed by atoms with E-state index >= 15 is 0 Å². The number of carboxylic acids is 1. The summed E-state index contributed by atoms with van der Waals surface area (Å²) in [5, 5.41) is 17.5. The number of nitriles is 1. The number of benzene rings is 1. The van der Waals surface area contributed by atoms with E-state index in [9.17, 15) is 9.59 Å². The Bertz CT molecular complexity index is 715. The van der Waals surface area contributed by atoms with Gasteiger partial charge in [0.25, 0.3) is 5.91 Å². The molecule has 104 valence electrons. The summed E-state index contributed by atoms with van der Waals surface area (Å²) >= 11 is 0. The second-order valence-corrected chi connectivity index (χ2v) is 4.26. The first kappa shape index (κ1) is 14.2. The lowest BCUT2D eigenvalue weighted by Crippen LogP contribution is -2.27. The number of aromatic carboxylic acids is 1. The number of hydrogen-bond donors (Lipinski definition) is 1. The van der Waals surface area contributed by atoms with Crippen molar-refractivity contribution in [3.05, 3.63) is 59.4 Å². The Kier molecular flexibility index (Phi) is 3.95. The van der Waals surface area contributed by atoms with E-state index in [2.05, 4.69) is 4.98 Å². The number of anilines is 1. The molecule has 2 aromatic rings. The van der Waals surface area contributed by atoms with Gasteiger partial charge in [0, 0.05) is 18.9 Å². The minimum absolute atomic E-state index is 0.0209. The molecule has 1 aromatic heterocycles. The number of aromatic nitrogens is 1. The Morgan fingerprint density at radius 2 is 1.86 bits per heavy atom. The summed E-state index contributed by atoms with van der Waals surface area (Å²) in [6.07, 6.45) is 1.14. The predicted molar refractivity (Wildman–Crippen MR) is 75.1 cm³/mol. The van der Waals surface area contributed by atoms with Gasteiger partial charge in [-0.2, -0.15) is 5.26 Å². The third kappa shape index (κ3) is 3.04. The summed E-state index contributed by atoms with van der Waals surface area (Å²) in [5.41, 5.74) is 1.28. The number of carbonyl (C=O) groups excluding carboxylic acids is 1. The molecule has 0 unspecified atom stereocenters. The summed E-state index contributed by atoms with van der Waals surface area (Å²) in [5.74, 6) is -1.46. The molecule has 0 saturated heterocycles. The Balaban J connectivity index is 2.22. The zero-order valence-electron chi connectivity index (χ0n) is 11.1. The topological polar surface area (TPSA) is 94.3 Å². The Morgan fingerprint density at radius 1 is 1.19 bits per heavy atom. The van der Waals surface area contributed by atoms with Crippen LogP contribution in [0, 0.1) is 11.3 Å². The van der Waals surface area contributed by atoms with E-state index in [0.717, 1.165) is 6.20 Å². The molecule has 2 rings (SSSR count). The number of carbonyl (C=O) groups is 2. The molecule has 1 amide bonds. The van der Waals surface area contributed by atoms with E-state index in [-0.39, 0.29) is 17.2 Å². The summed E-state index contributed by atoms with van der Waals surface area (Å²) in [7, 11) is 1.58. The van der Waals surface area contributed by atoms with Crippen LogP contribution in [-0.2, 0) is 0 Å². The quantitative estimate of drug-likeness (QED) is 0.927. The Hall–Kier alpha value is -3.20. The van der Waals surface area contributed by atoms with Crippen molar-refractivity contribution in [2.75, 3.05) is 11.9 Å². The summed E-state index contributed by atoms with van der Waals surface area (Å²) in [4.78, 5) is 28.2. The predicted octanol–water partition coefficient (Wildman–Crippen LogP) is 1.93. The number of pyridine rings is 1. The number of rotatable bonds is 3. The Labute approximate surface area is 120 Å². The van der Waals surface area contributed by atoms with Gasteiger partial charge < -0.3 is 10.0 Å². The van der Waals surface area contributed by atoms with Gasteiger partial charge in [-0.3, -0.25) is 9.78 Å². The molecule has 0 fully saturated rings. The lowest BCUT2D eigenvalue weighted by atomic mass is 10.2. The number of hydrogen-bond acceptors (Lipinski definition) is 4. The van der Waals surface area contributed by atoms with Crippen molar-refractivity contribution in [3.8, 4) is 6.07 Å². The first-order chi connectivity index (χ1) is 10.0. The summed E-state index contributed by atoms with van der Waals surface area (Å²) < 4.78 is 0. The van der Waals surface area contributed by atoms with Crippen molar-refractivity contribution < 1.29 is 14.7 Å². The molecule has 0 aliphatic rings. The smallest absolute Gasteiger partial charge is 0.337 e. The van der Waals surface area contributed by atoms with E-state index in [1.165, 1.54) is 17.0 Å². The zero-order valence-corrected chi connectivity index (χ0v) is 11.1. The van der Waals surface area contributed by atoms with Gasteiger partial charge in [-0.1, -0.05) is 0 Å². The second-order valence-electron chi connectivity index (χ2n) is 4.26. The van der Waals surface area contributed by atoms with E-state index < -0.39 is 5.97 Å². The third-order valence-corrected chi connectivity index (χ3v) is 2.92. The number of carboxylic acid groups (broad SMARTS) is 1. The molecule has 21 heavy (non-hydrogen) atoms. The lowest BCUT2D eigenvalue weighted by Gasteiger charge is -2.16. The Morgan fingerprint density at radius 3 is 2.33 bits per heavy atom. The first-order valence-electron chi connectivity index (χ1n) is 6.00. The standard InChI is InChI=1S/C15H11N3O3/c1-18(12-5-2-10(8-16)3-6-12)14(19)13-7-4-11(9-17-13)15(20)21/h2-7,9H,1H3,(H,20,21). The summed E-state index contributed by atoms with van der Waals surface area (Å²) in [6, 6.07) is 11.2. The molecular weight excluding hydrogens is 270 g/mol. The van der Waals surface area contributed by atoms with Crippen molar-refractivity contribution in [1.29, 1.82) is 5.26 Å². The fourth-order valence-electron chi connectivity index (χ4n) is 1.70. The zero-order chi connectivity index (χ0) is 15.4. The van der Waals surface area contributed by atoms with Crippen LogP contribution in [0.15, 0.2) is 42.6 Å². The van der Waals surface area contributed by atoms with Crippen LogP contribution in [0.1, 0.15) is 26.4 Å². The molecule has 0 saturated carbocycles. The highest BCUT2D eigenvalue weighted by atomic mass is 16.4. The van der Waals surface area contributed by atoms with Gasteiger partial charge in [0.15, 0.2) is 0 Å². The van der Waals surface area contributed by atoms with Crippen LogP contribution in [0.4, 0.5) is 5.69 Å². The summed E-state index contributed by atoms with van der Waals surface area (Å²) in [6.45, 7) is 0. The van der Waals surface area contributed by atoms with Gasteiger partial charge in [-0.05, 0) is 36.4 Å². The van der Waals surface area contributed by atoms with Crippen LogP contribution in [0.5, 0.6) is 0 Å². The highest BCUT2D eigenvalue weighted by molar-refractivity contribution is 6.04. The molecule has 6 heteroatoms. The van der Waals surface area contributed by atoms with Crippen molar-refractivity contribution in [1.82, 2.24) is 4.98 Å². The van der Waals surface area contributed by atoms with Gasteiger partial charge >= 0.3 is 5.97 Å². The van der Waals surface area contributed by atoms with Crippen LogP contribution in [0.25, 0.3) is 0 Å². The van der Waals surface area contributed by atoms with Crippen LogP contribution >= 0.6 is 0 Å². The minimum Gasteiger partial charge on any atom is -0.478 e. The second kappa shape index (κ2) is 5.84. The fraction of sp³-hybridized carbons (Fsp3) is 0.0667. The molecule has 0 aliphatic heterocycles. The fourth-order valence-corrected chi connectivity index (χ4v) is 1.70. The highest BCUT2D eigenvalue weighted by Gasteiger charge is 2.15. The van der Waals surface area contributed by atoms with Crippen molar-refractivity contribution in [2.24, 2.45) is 0 Å². The lowest BCUT2D eigenvalue weighted by molar-refractivity contribution is 0.0695. The van der Waals surface area contributed by atoms with Gasteiger partial charge in [-0.15, -0.1) is 0 Å². The molecule has 0 spiro atoms. The van der Waals surface area contributed by atoms with Crippen LogP contribution in [-0.4, -0.2) is 29.0 Å². The minimum atomic E-state index is -1.10. The SMILES string of the molecule is CN(C(=O)c1ccc(C(=O)O)cn1)c1ccc(C#N)cc1. The molecule has 1 N–H and O–H groups in total. The van der Waals surface area contributed by atoms with Crippen LogP contribution in [0.3, 0.4) is 0 Å². The first-order valence-corrected chi connectivity index (χ1v) is 6.00. The van der Waals surface area contributed by atoms with Gasteiger partial charge in [-0.25, -0.2) is 4.79 Å². The monoisotopic (exact) mass is 281 g/mol. The largest absolute Gasteiger partial charge is 0.478 e. The normalized spacial score (nSPS) is 9.71. The van der Waals surface area contributed by atoms with Crippen molar-refractivity contribution in [2.45, 2.75) is 0 Å². The molecule has 0 atom stereocenters. The molecule has 0 bridgehead atoms. The van der Waals surface area contributed by atoms with Crippen LogP contribution in [0.2, 0.25) is 0 Å². The van der Waals surface area contributed by atoms with Gasteiger partial charge in [0.05, 0.1) is 17.2 Å². The van der Waals surface area contributed by atoms with Crippen LogP contribution < -0.4 is 4.90 Å². The van der Waals surface area contributed by atoms with Crippen molar-refractivity contribution >= 4 is 17.6 Å². The molecule has 1 aromatic carbocycles. The third-order valence-electron chi connectivity index (χ3n) is 2.92. The van der Waals surface area contributed by atoms with E-state index in [0.29, 0.717) is 11.3 Å². The highest BCUT2D eigenvalue weighted by Crippen LogP contribution is 2.15. The van der Waals surface area contributed by atoms with Gasteiger partial charge in [0.1, 0.15) is 5.69 Å². The maximum absolute atomic E-state index is 12.2. The van der Waals surface area contributed by atoms with E-state index in [4.69, 9.17) is 10.4 Å². The average Bonchev–Trinajstić information content (AvgIpc) is 2.53. The van der Waals surface area contributed by atoms with Gasteiger partial charge in [0.2, 0.25) is 0 Å². The molecule has 1 heterocycles. The van der Waals surface area contributed by atoms with E-state index in [1.807, 2.05) is 6.07 Å². The number of nitrogens with zero attached hydrogens (tertiary/aromatic N) is 3. The molecule has 0 aliphatic carbocycles. The van der Waals surface area contributed by atoms with Crippen molar-refractivity contribution in [3.63, 3.8) is 0 Å². The molecule has 0 radical (unpaired) electrons. The number of amides is 1. The molecular formula is C15H11N3O3. The maximum atomic E-state index is 12.2. The maximum Gasteiger partial charge on any atom is 0.337 e. The average molecular weight is 281 g/mol. The van der Waals surface area contributed by atoms with E-state index in [1.54, 1.807) is 31.3 Å².